The van der Waals surface area contributed by atoms with Crippen LogP contribution in [0.4, 0.5) is 19.0 Å². The summed E-state index contributed by atoms with van der Waals surface area (Å²) in [5, 5.41) is 17.5. The van der Waals surface area contributed by atoms with E-state index in [4.69, 9.17) is 0 Å². The lowest BCUT2D eigenvalue weighted by atomic mass is 10.1. The number of aromatic amines is 1. The molecule has 1 aromatic carbocycles. The summed E-state index contributed by atoms with van der Waals surface area (Å²) in [7, 11) is -4.43. The first kappa shape index (κ1) is 22.1. The topological polar surface area (TPSA) is 119 Å². The Balaban J connectivity index is 1.69. The molecule has 8 nitrogen and oxygen atoms in total. The molecule has 1 aliphatic carbocycles. The van der Waals surface area contributed by atoms with Gasteiger partial charge in [-0.1, -0.05) is 12.1 Å². The zero-order chi connectivity index (χ0) is 23.3. The van der Waals surface area contributed by atoms with E-state index in [1.54, 1.807) is 13.0 Å². The van der Waals surface area contributed by atoms with Crippen molar-refractivity contribution in [2.45, 2.75) is 54.1 Å². The fourth-order valence-electron chi connectivity index (χ4n) is 3.91. The lowest BCUT2D eigenvalue weighted by Gasteiger charge is -2.24. The fraction of sp³-hybridized carbons (Fsp3) is 0.450. The molecule has 0 radical (unpaired) electrons. The van der Waals surface area contributed by atoms with Crippen LogP contribution in [0.1, 0.15) is 30.5 Å². The summed E-state index contributed by atoms with van der Waals surface area (Å²) >= 11 is 0. The second kappa shape index (κ2) is 7.51. The van der Waals surface area contributed by atoms with Crippen LogP contribution in [0, 0.1) is 18.3 Å². The highest BCUT2D eigenvalue weighted by Gasteiger charge is 2.50. The Morgan fingerprint density at radius 2 is 2.03 bits per heavy atom. The molecule has 12 heteroatoms. The van der Waals surface area contributed by atoms with Gasteiger partial charge in [-0.25, -0.2) is 8.42 Å². The van der Waals surface area contributed by atoms with Gasteiger partial charge in [0.15, 0.2) is 15.7 Å². The Labute approximate surface area is 182 Å². The van der Waals surface area contributed by atoms with Gasteiger partial charge < -0.3 is 10.2 Å². The summed E-state index contributed by atoms with van der Waals surface area (Å²) in [5.41, 5.74) is -1.54. The quantitative estimate of drug-likeness (QED) is 0.697. The van der Waals surface area contributed by atoms with Crippen molar-refractivity contribution in [2.24, 2.45) is 0 Å². The summed E-state index contributed by atoms with van der Waals surface area (Å²) < 4.78 is 66.9. The molecule has 0 bridgehead atoms. The number of alkyl halides is 3. The average Bonchev–Trinajstić information content (AvgIpc) is 3.15. The molecule has 4 rings (SSSR count). The molecule has 2 N–H and O–H groups in total. The number of aryl methyl sites for hydroxylation is 1. The van der Waals surface area contributed by atoms with E-state index in [9.17, 15) is 31.6 Å². The SMILES string of the molecule is Cc1cc(N2C[C@H](S(=O)(=O)c3ccccc3C(F)(F)F)C[C@H]2C(=O)NC2(C#N)CC2)n[nH]1. The van der Waals surface area contributed by atoms with Gasteiger partial charge in [0.2, 0.25) is 5.91 Å². The Bertz CT molecular complexity index is 1200. The van der Waals surface area contributed by atoms with E-state index in [0.29, 0.717) is 24.4 Å². The third kappa shape index (κ3) is 3.92. The number of halogens is 3. The third-order valence-corrected chi connectivity index (χ3v) is 8.00. The largest absolute Gasteiger partial charge is 0.417 e. The number of H-pyrrole nitrogens is 1. The van der Waals surface area contributed by atoms with Gasteiger partial charge in [-0.2, -0.15) is 23.5 Å². The van der Waals surface area contributed by atoms with E-state index in [1.807, 2.05) is 6.07 Å². The van der Waals surface area contributed by atoms with Gasteiger partial charge in [-0.3, -0.25) is 9.89 Å². The molecule has 1 saturated carbocycles. The molecule has 2 aliphatic rings. The minimum Gasteiger partial charge on any atom is -0.342 e. The summed E-state index contributed by atoms with van der Waals surface area (Å²) in [4.78, 5) is 13.6. The van der Waals surface area contributed by atoms with Crippen LogP contribution in [0.3, 0.4) is 0 Å². The standard InChI is InChI=1S/C20H20F3N5O3S/c1-12-8-17(27-26-12)28-10-13(9-15(28)18(29)25-19(11-24)6-7-19)32(30,31)16-5-3-2-4-14(16)20(21,22)23/h2-5,8,13,15H,6-7,9-10H2,1H3,(H,25,29)(H,26,27)/t13-,15+/m1/s1. The number of carbonyl (C=O) groups is 1. The molecule has 2 fully saturated rings. The number of amides is 1. The smallest absolute Gasteiger partial charge is 0.342 e. The highest BCUT2D eigenvalue weighted by molar-refractivity contribution is 7.92. The summed E-state index contributed by atoms with van der Waals surface area (Å²) in [5.74, 6) is -0.238. The van der Waals surface area contributed by atoms with E-state index in [0.717, 1.165) is 18.2 Å². The molecule has 2 heterocycles. The molecule has 1 aliphatic heterocycles. The van der Waals surface area contributed by atoms with Crippen LogP contribution in [0.5, 0.6) is 0 Å². The fourth-order valence-corrected chi connectivity index (χ4v) is 5.82. The lowest BCUT2D eigenvalue weighted by Crippen LogP contribution is -2.47. The third-order valence-electron chi connectivity index (χ3n) is 5.82. The number of nitriles is 1. The molecule has 1 amide bonds. The van der Waals surface area contributed by atoms with Gasteiger partial charge >= 0.3 is 6.18 Å². The van der Waals surface area contributed by atoms with E-state index in [2.05, 4.69) is 15.5 Å². The van der Waals surface area contributed by atoms with Crippen LogP contribution < -0.4 is 10.2 Å². The molecular weight excluding hydrogens is 447 g/mol. The van der Waals surface area contributed by atoms with E-state index in [-0.39, 0.29) is 13.0 Å². The number of nitrogens with one attached hydrogen (secondary N) is 2. The minimum absolute atomic E-state index is 0.212. The van der Waals surface area contributed by atoms with Gasteiger partial charge in [0.1, 0.15) is 11.6 Å². The number of sulfone groups is 1. The number of nitrogens with zero attached hydrogens (tertiary/aromatic N) is 3. The number of aromatic nitrogens is 2. The molecule has 2 aromatic rings. The van der Waals surface area contributed by atoms with E-state index < -0.39 is 49.2 Å². The molecule has 1 saturated heterocycles. The number of hydrogen-bond donors (Lipinski definition) is 2. The van der Waals surface area contributed by atoms with Crippen molar-refractivity contribution in [1.29, 1.82) is 5.26 Å². The summed E-state index contributed by atoms with van der Waals surface area (Å²) in [6, 6.07) is 6.69. The van der Waals surface area contributed by atoms with Crippen molar-refractivity contribution in [3.8, 4) is 6.07 Å². The number of anilines is 1. The normalized spacial score (nSPS) is 22.4. The molecule has 170 valence electrons. The second-order valence-electron chi connectivity index (χ2n) is 8.16. The molecular formula is C20H20F3N5O3S. The van der Waals surface area contributed by atoms with E-state index >= 15 is 0 Å². The van der Waals surface area contributed by atoms with Crippen molar-refractivity contribution < 1.29 is 26.4 Å². The minimum atomic E-state index is -4.84. The van der Waals surface area contributed by atoms with Crippen molar-refractivity contribution >= 4 is 21.6 Å². The maximum Gasteiger partial charge on any atom is 0.417 e. The molecule has 32 heavy (non-hydrogen) atoms. The number of hydrogen-bond acceptors (Lipinski definition) is 6. The van der Waals surface area contributed by atoms with Gasteiger partial charge in [0, 0.05) is 18.3 Å². The highest BCUT2D eigenvalue weighted by Crippen LogP contribution is 2.39. The number of benzene rings is 1. The van der Waals surface area contributed by atoms with Crippen LogP contribution in [0.15, 0.2) is 35.2 Å². The van der Waals surface area contributed by atoms with Crippen LogP contribution in [-0.4, -0.2) is 47.9 Å². The van der Waals surface area contributed by atoms with Crippen LogP contribution in [0.25, 0.3) is 0 Å². The first-order valence-corrected chi connectivity index (χ1v) is 11.4. The molecule has 0 spiro atoms. The second-order valence-corrected chi connectivity index (χ2v) is 10.4. The molecule has 2 atom stereocenters. The first-order valence-electron chi connectivity index (χ1n) is 9.89. The van der Waals surface area contributed by atoms with Gasteiger partial charge in [-0.05, 0) is 38.3 Å². The maximum absolute atomic E-state index is 13.5. The van der Waals surface area contributed by atoms with Crippen LogP contribution in [0.2, 0.25) is 0 Å². The zero-order valence-electron chi connectivity index (χ0n) is 17.0. The predicted octanol–water partition coefficient (Wildman–Crippen LogP) is 2.33. The van der Waals surface area contributed by atoms with E-state index in [1.165, 1.54) is 11.0 Å². The number of rotatable bonds is 5. The Morgan fingerprint density at radius 3 is 2.59 bits per heavy atom. The van der Waals surface area contributed by atoms with Crippen LogP contribution >= 0.6 is 0 Å². The van der Waals surface area contributed by atoms with Crippen molar-refractivity contribution in [3.63, 3.8) is 0 Å². The van der Waals surface area contributed by atoms with Crippen LogP contribution in [-0.2, 0) is 20.8 Å². The van der Waals surface area contributed by atoms with Gasteiger partial charge in [-0.15, -0.1) is 0 Å². The predicted molar refractivity (Wildman–Crippen MR) is 107 cm³/mol. The maximum atomic E-state index is 13.5. The number of carbonyl (C=O) groups excluding carboxylic acids is 1. The molecule has 1 aromatic heterocycles. The summed E-state index contributed by atoms with van der Waals surface area (Å²) in [6.07, 6.45) is -4.09. The van der Waals surface area contributed by atoms with Gasteiger partial charge in [0.25, 0.3) is 0 Å². The van der Waals surface area contributed by atoms with Gasteiger partial charge in [0.05, 0.1) is 21.8 Å². The zero-order valence-corrected chi connectivity index (χ0v) is 17.8. The van der Waals surface area contributed by atoms with Crippen molar-refractivity contribution in [2.75, 3.05) is 11.4 Å². The highest BCUT2D eigenvalue weighted by atomic mass is 32.2. The Kier molecular flexibility index (Phi) is 5.20. The van der Waals surface area contributed by atoms with Crippen molar-refractivity contribution in [3.05, 3.63) is 41.6 Å². The Morgan fingerprint density at radius 1 is 1.34 bits per heavy atom. The Hall–Kier alpha value is -3.07. The average molecular weight is 467 g/mol. The van der Waals surface area contributed by atoms with Crippen molar-refractivity contribution in [1.82, 2.24) is 15.5 Å². The first-order chi connectivity index (χ1) is 15.0. The molecule has 0 unspecified atom stereocenters. The lowest BCUT2D eigenvalue weighted by molar-refractivity contribution is -0.139. The summed E-state index contributed by atoms with van der Waals surface area (Å²) in [6.45, 7) is 1.51. The monoisotopic (exact) mass is 467 g/mol.